The minimum atomic E-state index is -0.0426. The van der Waals surface area contributed by atoms with Crippen molar-refractivity contribution in [2.24, 2.45) is 21.1 Å². The number of aromatic nitrogens is 3. The minimum Gasteiger partial charge on any atom is -0.497 e. The van der Waals surface area contributed by atoms with E-state index in [0.29, 0.717) is 11.1 Å². The normalized spacial score (nSPS) is 14.1. The summed E-state index contributed by atoms with van der Waals surface area (Å²) < 4.78 is 11.9. The largest absolute Gasteiger partial charge is 0.497 e. The van der Waals surface area contributed by atoms with E-state index in [9.17, 15) is 9.59 Å². The summed E-state index contributed by atoms with van der Waals surface area (Å²) in [7, 11) is 7.85. The summed E-state index contributed by atoms with van der Waals surface area (Å²) in [5, 5.41) is 0. The van der Waals surface area contributed by atoms with Gasteiger partial charge in [-0.3, -0.25) is 9.59 Å². The molecule has 0 aliphatic rings. The van der Waals surface area contributed by atoms with Crippen molar-refractivity contribution < 1.29 is 28.0 Å². The van der Waals surface area contributed by atoms with Gasteiger partial charge in [-0.2, -0.15) is 0 Å². The second kappa shape index (κ2) is 16.5. The van der Waals surface area contributed by atoms with Gasteiger partial charge in [-0.25, -0.2) is 13.7 Å². The molecule has 0 fully saturated rings. The van der Waals surface area contributed by atoms with Crippen LogP contribution in [0.25, 0.3) is 0 Å². The predicted molar refractivity (Wildman–Crippen MR) is 203 cm³/mol. The first-order valence-corrected chi connectivity index (χ1v) is 17.9. The number of carbonyl (C=O) groups is 2. The van der Waals surface area contributed by atoms with E-state index in [0.717, 1.165) is 30.3 Å². The van der Waals surface area contributed by atoms with Crippen LogP contribution in [-0.4, -0.2) is 19.7 Å². The number of hydrogen-bond acceptors (Lipinski definition) is 3. The summed E-state index contributed by atoms with van der Waals surface area (Å²) >= 11 is 0. The van der Waals surface area contributed by atoms with E-state index >= 15 is 0 Å². The zero-order valence-corrected chi connectivity index (χ0v) is 30.7. The molecule has 5 unspecified atom stereocenters. The molecule has 0 spiro atoms. The number of pyridine rings is 3. The molecule has 6 heteroatoms. The van der Waals surface area contributed by atoms with Crippen molar-refractivity contribution >= 4 is 12.6 Å². The molecule has 6 nitrogen and oxygen atoms in total. The molecule has 6 aromatic rings. The molecule has 3 aromatic carbocycles. The van der Waals surface area contributed by atoms with Crippen molar-refractivity contribution in [3.8, 4) is 5.75 Å². The molecule has 52 heavy (non-hydrogen) atoms. The number of carbonyl (C=O) groups excluding carboxylic acids is 2. The Labute approximate surface area is 307 Å². The number of methoxy groups -OCH3 is 1. The maximum Gasteiger partial charge on any atom is 0.168 e. The van der Waals surface area contributed by atoms with Gasteiger partial charge in [-0.05, 0) is 81.5 Å². The summed E-state index contributed by atoms with van der Waals surface area (Å²) in [6.07, 6.45) is 15.3. The smallest absolute Gasteiger partial charge is 0.168 e. The van der Waals surface area contributed by atoms with E-state index in [1.54, 1.807) is 7.11 Å². The van der Waals surface area contributed by atoms with Crippen LogP contribution in [-0.2, 0) is 27.6 Å². The highest BCUT2D eigenvalue weighted by Crippen LogP contribution is 2.55. The van der Waals surface area contributed by atoms with Gasteiger partial charge in [0, 0.05) is 47.5 Å². The quantitative estimate of drug-likeness (QED) is 0.0893. The van der Waals surface area contributed by atoms with Gasteiger partial charge < -0.3 is 4.74 Å². The molecule has 3 heterocycles. The molecule has 0 saturated heterocycles. The highest BCUT2D eigenvalue weighted by Gasteiger charge is 2.41. The van der Waals surface area contributed by atoms with Crippen molar-refractivity contribution in [3.05, 3.63) is 191 Å². The maximum absolute atomic E-state index is 11.9. The number of hydrogen-bond donors (Lipinski definition) is 0. The lowest BCUT2D eigenvalue weighted by atomic mass is 9.61. The van der Waals surface area contributed by atoms with E-state index in [-0.39, 0.29) is 29.6 Å². The number of nitrogens with zero attached hydrogens (tertiary/aromatic N) is 3. The molecule has 6 rings (SSSR count). The first kappa shape index (κ1) is 36.1. The van der Waals surface area contributed by atoms with E-state index in [2.05, 4.69) is 150 Å². The molecule has 0 bridgehead atoms. The Morgan fingerprint density at radius 3 is 1.38 bits per heavy atom. The lowest BCUT2D eigenvalue weighted by Gasteiger charge is -2.42. The van der Waals surface area contributed by atoms with Crippen LogP contribution in [0.3, 0.4) is 0 Å². The van der Waals surface area contributed by atoms with Gasteiger partial charge in [-0.1, -0.05) is 67.6 Å². The average Bonchev–Trinajstić information content (AvgIpc) is 3.19. The summed E-state index contributed by atoms with van der Waals surface area (Å²) in [4.78, 5) is 23.6. The standard InChI is InChI=1S/C46H48N3O3/c1-33(37-18-24-47(2)25-19-37)44(39-14-16-42(52-5)17-15-39)46(40-12-10-36(32-51)11-13-40)45(41-22-28-49(4)29-23-41)43(38-20-26-48(3)27-21-38)30-34-6-8-35(31-50)9-7-34/h6-29,31-33,43-46H,30H2,1-5H3/q+3. The zero-order chi connectivity index (χ0) is 36.6. The summed E-state index contributed by atoms with van der Waals surface area (Å²) in [5.41, 5.74) is 8.57. The van der Waals surface area contributed by atoms with Crippen LogP contribution in [0.15, 0.2) is 146 Å². The van der Waals surface area contributed by atoms with Crippen LogP contribution in [0.2, 0.25) is 0 Å². The Hall–Kier alpha value is -5.75. The Kier molecular flexibility index (Phi) is 11.4. The van der Waals surface area contributed by atoms with Crippen molar-refractivity contribution in [1.29, 1.82) is 0 Å². The van der Waals surface area contributed by atoms with Gasteiger partial charge in [0.1, 0.15) is 39.5 Å². The molecule has 0 saturated carbocycles. The highest BCUT2D eigenvalue weighted by molar-refractivity contribution is 5.75. The SMILES string of the molecule is COc1ccc(C(C(C)c2cc[n+](C)cc2)C(c2ccc(C=O)cc2)C(c2cc[n+](C)cc2)C(Cc2ccc(C=O)cc2)c2cc[n+](C)cc2)cc1. The van der Waals surface area contributed by atoms with Crippen LogP contribution in [0, 0.1) is 0 Å². The van der Waals surface area contributed by atoms with E-state index in [1.807, 2.05) is 38.4 Å². The minimum absolute atomic E-state index is 0.0133. The Bertz CT molecular complexity index is 2060. The Morgan fingerprint density at radius 2 is 0.904 bits per heavy atom. The Balaban J connectivity index is 1.66. The zero-order valence-electron chi connectivity index (χ0n) is 30.7. The van der Waals surface area contributed by atoms with Crippen LogP contribution < -0.4 is 18.4 Å². The Morgan fingerprint density at radius 1 is 0.500 bits per heavy atom. The van der Waals surface area contributed by atoms with Crippen molar-refractivity contribution in [2.45, 2.75) is 42.9 Å². The van der Waals surface area contributed by atoms with Gasteiger partial charge in [-0.15, -0.1) is 0 Å². The molecule has 0 N–H and O–H groups in total. The van der Waals surface area contributed by atoms with Gasteiger partial charge in [0.05, 0.1) is 7.11 Å². The number of aryl methyl sites for hydroxylation is 3. The highest BCUT2D eigenvalue weighted by atomic mass is 16.5. The third-order valence-electron chi connectivity index (χ3n) is 10.6. The fraction of sp³-hybridized carbons (Fsp3) is 0.239. The monoisotopic (exact) mass is 690 g/mol. The third kappa shape index (κ3) is 8.24. The lowest BCUT2D eigenvalue weighted by molar-refractivity contribution is -0.671. The fourth-order valence-corrected chi connectivity index (χ4v) is 7.71. The van der Waals surface area contributed by atoms with Crippen LogP contribution in [0.1, 0.15) is 90.6 Å². The second-order valence-electron chi connectivity index (χ2n) is 14.0. The summed E-state index contributed by atoms with van der Waals surface area (Å²) in [5.74, 6) is 0.909. The van der Waals surface area contributed by atoms with E-state index in [4.69, 9.17) is 4.74 Å². The van der Waals surface area contributed by atoms with E-state index < -0.39 is 0 Å². The molecule has 262 valence electrons. The number of aldehydes is 2. The van der Waals surface area contributed by atoms with Crippen molar-refractivity contribution in [3.63, 3.8) is 0 Å². The molecule has 3 aromatic heterocycles. The second-order valence-corrected chi connectivity index (χ2v) is 14.0. The van der Waals surface area contributed by atoms with Crippen molar-refractivity contribution in [1.82, 2.24) is 0 Å². The van der Waals surface area contributed by atoms with Crippen LogP contribution in [0.4, 0.5) is 0 Å². The van der Waals surface area contributed by atoms with Gasteiger partial charge in [0.15, 0.2) is 37.2 Å². The number of rotatable bonds is 14. The molecular weight excluding hydrogens is 643 g/mol. The van der Waals surface area contributed by atoms with Gasteiger partial charge >= 0.3 is 0 Å². The van der Waals surface area contributed by atoms with Gasteiger partial charge in [0.2, 0.25) is 0 Å². The number of ether oxygens (including phenoxy) is 1. The molecule has 5 atom stereocenters. The predicted octanol–water partition coefficient (Wildman–Crippen LogP) is 7.28. The molecule has 0 aliphatic heterocycles. The van der Waals surface area contributed by atoms with E-state index in [1.165, 1.54) is 27.8 Å². The summed E-state index contributed by atoms with van der Waals surface area (Å²) in [6.45, 7) is 2.34. The van der Waals surface area contributed by atoms with Gasteiger partial charge in [0.25, 0.3) is 0 Å². The topological polar surface area (TPSA) is 55.0 Å². The third-order valence-corrected chi connectivity index (χ3v) is 10.6. The summed E-state index contributed by atoms with van der Waals surface area (Å²) in [6, 6.07) is 38.2. The van der Waals surface area contributed by atoms with Crippen LogP contribution in [0.5, 0.6) is 5.75 Å². The molecule has 0 radical (unpaired) electrons. The van der Waals surface area contributed by atoms with Crippen molar-refractivity contribution in [2.75, 3.05) is 7.11 Å². The molecule has 0 aliphatic carbocycles. The lowest BCUT2D eigenvalue weighted by Crippen LogP contribution is -2.32. The number of benzene rings is 3. The average molecular weight is 691 g/mol. The fourth-order valence-electron chi connectivity index (χ4n) is 7.71. The van der Waals surface area contributed by atoms with Crippen LogP contribution >= 0.6 is 0 Å². The first-order chi connectivity index (χ1) is 25.3. The maximum atomic E-state index is 11.9. The molecule has 0 amide bonds. The first-order valence-electron chi connectivity index (χ1n) is 17.9. The molecular formula is C46H48N3O3+3.